The summed E-state index contributed by atoms with van der Waals surface area (Å²) in [7, 11) is 1.57. The molecule has 0 saturated heterocycles. The standard InChI is InChI=1S/C24H29FN4O3S/c1-12(2)10-29-23-21(22(31)28(5)24(29)32)20(16-6-15(11-30)7-17(25)8-16)19(33-23)9-18-13(3)26-27-14(18)4/h6-8,12,24,30,32H,9-11H2,1-5H3,(H,26,27). The molecular formula is C24H29FN4O3S. The Bertz CT molecular complexity index is 1180. The number of rotatable bonds is 6. The molecule has 0 aliphatic carbocycles. The van der Waals surface area contributed by atoms with Gasteiger partial charge in [-0.1, -0.05) is 13.8 Å². The van der Waals surface area contributed by atoms with Crippen molar-refractivity contribution in [3.63, 3.8) is 0 Å². The molecule has 0 spiro atoms. The lowest BCUT2D eigenvalue weighted by atomic mass is 9.94. The van der Waals surface area contributed by atoms with Crippen LogP contribution in [0.15, 0.2) is 18.2 Å². The van der Waals surface area contributed by atoms with Gasteiger partial charge in [0, 0.05) is 41.7 Å². The number of benzene rings is 1. The Hall–Kier alpha value is -2.75. The summed E-state index contributed by atoms with van der Waals surface area (Å²) in [4.78, 5) is 17.5. The highest BCUT2D eigenvalue weighted by atomic mass is 32.1. The van der Waals surface area contributed by atoms with Crippen molar-refractivity contribution in [2.45, 2.75) is 47.1 Å². The maximum atomic E-state index is 14.5. The zero-order valence-electron chi connectivity index (χ0n) is 19.4. The number of aryl methyl sites for hydroxylation is 2. The first-order valence-electron chi connectivity index (χ1n) is 10.9. The van der Waals surface area contributed by atoms with Crippen LogP contribution in [0.1, 0.15) is 51.6 Å². The van der Waals surface area contributed by atoms with Gasteiger partial charge in [0.25, 0.3) is 5.91 Å². The summed E-state index contributed by atoms with van der Waals surface area (Å²) in [6, 6.07) is 4.40. The second kappa shape index (κ2) is 8.89. The van der Waals surface area contributed by atoms with E-state index in [4.69, 9.17) is 0 Å². The fourth-order valence-electron chi connectivity index (χ4n) is 4.34. The summed E-state index contributed by atoms with van der Waals surface area (Å²) >= 11 is 1.44. The Kier molecular flexibility index (Phi) is 6.30. The number of hydrogen-bond acceptors (Lipinski definition) is 6. The summed E-state index contributed by atoms with van der Waals surface area (Å²) < 4.78 is 14.5. The molecule has 3 heterocycles. The van der Waals surface area contributed by atoms with Gasteiger partial charge < -0.3 is 15.1 Å². The predicted octanol–water partition coefficient (Wildman–Crippen LogP) is 3.80. The van der Waals surface area contributed by atoms with Gasteiger partial charge in [-0.2, -0.15) is 5.10 Å². The van der Waals surface area contributed by atoms with Gasteiger partial charge in [0.15, 0.2) is 0 Å². The average molecular weight is 473 g/mol. The number of thiophene rings is 1. The lowest BCUT2D eigenvalue weighted by Gasteiger charge is -2.40. The van der Waals surface area contributed by atoms with E-state index >= 15 is 0 Å². The van der Waals surface area contributed by atoms with Crippen LogP contribution in [0.2, 0.25) is 0 Å². The average Bonchev–Trinajstić information content (AvgIpc) is 3.30. The molecular weight excluding hydrogens is 443 g/mol. The zero-order chi connectivity index (χ0) is 24.0. The normalized spacial score (nSPS) is 16.2. The van der Waals surface area contributed by atoms with Crippen LogP contribution in [-0.4, -0.2) is 51.2 Å². The maximum Gasteiger partial charge on any atom is 0.260 e. The van der Waals surface area contributed by atoms with E-state index in [1.54, 1.807) is 13.1 Å². The molecule has 0 saturated carbocycles. The Labute approximate surface area is 196 Å². The largest absolute Gasteiger partial charge is 0.392 e. The maximum absolute atomic E-state index is 14.5. The van der Waals surface area contributed by atoms with E-state index in [9.17, 15) is 19.4 Å². The third kappa shape index (κ3) is 4.16. The molecule has 1 atom stereocenters. The number of aliphatic hydroxyl groups excluding tert-OH is 2. The minimum absolute atomic E-state index is 0.247. The molecule has 1 amide bonds. The highest BCUT2D eigenvalue weighted by Crippen LogP contribution is 2.47. The molecule has 3 aromatic rings. The number of nitrogens with one attached hydrogen (secondary N) is 1. The number of H-pyrrole nitrogens is 1. The molecule has 0 radical (unpaired) electrons. The number of aromatic amines is 1. The van der Waals surface area contributed by atoms with E-state index < -0.39 is 12.2 Å². The van der Waals surface area contributed by atoms with Crippen LogP contribution < -0.4 is 4.90 Å². The van der Waals surface area contributed by atoms with E-state index in [-0.39, 0.29) is 18.4 Å². The molecule has 4 rings (SSSR count). The monoisotopic (exact) mass is 472 g/mol. The van der Waals surface area contributed by atoms with Crippen LogP contribution in [0.3, 0.4) is 0 Å². The van der Waals surface area contributed by atoms with Crippen LogP contribution in [0.5, 0.6) is 0 Å². The third-order valence-corrected chi connectivity index (χ3v) is 7.22. The van der Waals surface area contributed by atoms with Gasteiger partial charge in [-0.25, -0.2) is 4.39 Å². The van der Waals surface area contributed by atoms with Gasteiger partial charge in [-0.15, -0.1) is 11.3 Å². The summed E-state index contributed by atoms with van der Waals surface area (Å²) in [6.07, 6.45) is -0.570. The summed E-state index contributed by atoms with van der Waals surface area (Å²) in [5.41, 5.74) is 4.88. The van der Waals surface area contributed by atoms with E-state index in [1.165, 1.54) is 28.4 Å². The van der Waals surface area contributed by atoms with Gasteiger partial charge in [-0.3, -0.25) is 14.8 Å². The van der Waals surface area contributed by atoms with E-state index in [2.05, 4.69) is 24.0 Å². The molecule has 0 fully saturated rings. The van der Waals surface area contributed by atoms with Crippen molar-refractivity contribution in [3.05, 3.63) is 57.0 Å². The lowest BCUT2D eigenvalue weighted by Crippen LogP contribution is -2.54. The van der Waals surface area contributed by atoms with Crippen molar-refractivity contribution in [1.82, 2.24) is 15.1 Å². The molecule has 1 aromatic carbocycles. The summed E-state index contributed by atoms with van der Waals surface area (Å²) in [5.74, 6) is -0.545. The number of aromatic nitrogens is 2. The van der Waals surface area contributed by atoms with Crippen LogP contribution in [0.25, 0.3) is 11.1 Å². The number of hydrogen-bond donors (Lipinski definition) is 3. The van der Waals surface area contributed by atoms with Gasteiger partial charge in [0.2, 0.25) is 6.35 Å². The molecule has 3 N–H and O–H groups in total. The van der Waals surface area contributed by atoms with E-state index in [0.29, 0.717) is 40.2 Å². The quantitative estimate of drug-likeness (QED) is 0.508. The second-order valence-electron chi connectivity index (χ2n) is 8.98. The number of carbonyl (C=O) groups is 1. The molecule has 0 bridgehead atoms. The number of aliphatic hydroxyl groups is 2. The molecule has 176 valence electrons. The first-order chi connectivity index (χ1) is 15.6. The van der Waals surface area contributed by atoms with Crippen molar-refractivity contribution in [3.8, 4) is 11.1 Å². The molecule has 33 heavy (non-hydrogen) atoms. The minimum Gasteiger partial charge on any atom is -0.392 e. The van der Waals surface area contributed by atoms with E-state index in [1.807, 2.05) is 18.7 Å². The van der Waals surface area contributed by atoms with Gasteiger partial charge in [0.05, 0.1) is 17.9 Å². The second-order valence-corrected chi connectivity index (χ2v) is 10.1. The van der Waals surface area contributed by atoms with E-state index in [0.717, 1.165) is 21.8 Å². The Morgan fingerprint density at radius 2 is 1.97 bits per heavy atom. The predicted molar refractivity (Wildman–Crippen MR) is 127 cm³/mol. The van der Waals surface area contributed by atoms with Gasteiger partial charge in [-0.05, 0) is 49.1 Å². The Balaban J connectivity index is 1.99. The third-order valence-electron chi connectivity index (χ3n) is 5.99. The van der Waals surface area contributed by atoms with Gasteiger partial charge in [0.1, 0.15) is 10.8 Å². The van der Waals surface area contributed by atoms with Gasteiger partial charge >= 0.3 is 0 Å². The summed E-state index contributed by atoms with van der Waals surface area (Å²) in [5, 5.41) is 28.5. The lowest BCUT2D eigenvalue weighted by molar-refractivity contribution is 0.0133. The van der Waals surface area contributed by atoms with Crippen molar-refractivity contribution in [2.24, 2.45) is 5.92 Å². The molecule has 2 aromatic heterocycles. The highest BCUT2D eigenvalue weighted by molar-refractivity contribution is 7.17. The minimum atomic E-state index is -1.08. The molecule has 9 heteroatoms. The van der Waals surface area contributed by atoms with Crippen molar-refractivity contribution < 1.29 is 19.4 Å². The van der Waals surface area contributed by atoms with Crippen molar-refractivity contribution in [1.29, 1.82) is 0 Å². The molecule has 7 nitrogen and oxygen atoms in total. The molecule has 1 unspecified atom stereocenters. The summed E-state index contributed by atoms with van der Waals surface area (Å²) in [6.45, 7) is 8.22. The van der Waals surface area contributed by atoms with Crippen LogP contribution in [-0.2, 0) is 13.0 Å². The smallest absolute Gasteiger partial charge is 0.260 e. The first kappa shape index (κ1) is 23.4. The van der Waals surface area contributed by atoms with Crippen molar-refractivity contribution >= 4 is 22.2 Å². The van der Waals surface area contributed by atoms with Crippen LogP contribution in [0, 0.1) is 25.6 Å². The highest BCUT2D eigenvalue weighted by Gasteiger charge is 2.39. The number of nitrogens with zero attached hydrogens (tertiary/aromatic N) is 3. The first-order valence-corrected chi connectivity index (χ1v) is 11.7. The fourth-order valence-corrected chi connectivity index (χ4v) is 5.69. The zero-order valence-corrected chi connectivity index (χ0v) is 20.3. The fraction of sp³-hybridized carbons (Fsp3) is 0.417. The number of halogens is 1. The molecule has 1 aliphatic rings. The van der Waals surface area contributed by atoms with Crippen LogP contribution in [0.4, 0.5) is 9.39 Å². The number of carbonyl (C=O) groups excluding carboxylic acids is 1. The number of fused-ring (bicyclic) bond motifs is 1. The number of anilines is 1. The SMILES string of the molecule is Cc1n[nH]c(C)c1Cc1sc2c(c1-c1cc(F)cc(CO)c1)C(=O)N(C)C(O)N2CC(C)C. The molecule has 1 aliphatic heterocycles. The Morgan fingerprint density at radius 1 is 1.24 bits per heavy atom. The van der Waals surface area contributed by atoms with Crippen molar-refractivity contribution in [2.75, 3.05) is 18.5 Å². The van der Waals surface area contributed by atoms with Crippen LogP contribution >= 0.6 is 11.3 Å². The Morgan fingerprint density at radius 3 is 2.58 bits per heavy atom. The topological polar surface area (TPSA) is 92.7 Å². The number of amides is 1.